The van der Waals surface area contributed by atoms with E-state index in [1.807, 2.05) is 22.8 Å². The average Bonchev–Trinajstić information content (AvgIpc) is 3.01. The average molecular weight is 382 g/mol. The van der Waals surface area contributed by atoms with Crippen molar-refractivity contribution in [3.63, 3.8) is 0 Å². The Bertz CT molecular complexity index is 1020. The third kappa shape index (κ3) is 3.38. The van der Waals surface area contributed by atoms with Gasteiger partial charge in [0.2, 0.25) is 0 Å². The lowest BCUT2D eigenvalue weighted by Gasteiger charge is -2.14. The van der Waals surface area contributed by atoms with Gasteiger partial charge in [-0.15, -0.1) is 0 Å². The van der Waals surface area contributed by atoms with Gasteiger partial charge in [-0.1, -0.05) is 6.07 Å². The number of nitrogens with zero attached hydrogens (tertiary/aromatic N) is 1. The molecule has 0 fully saturated rings. The number of ether oxygens (including phenoxy) is 3. The smallest absolute Gasteiger partial charge is 0.339 e. The highest BCUT2D eigenvalue weighted by atomic mass is 19.1. The highest BCUT2D eigenvalue weighted by molar-refractivity contribution is 5.92. The number of halogens is 1. The molecule has 2 N–H and O–H groups in total. The van der Waals surface area contributed by atoms with Crippen LogP contribution in [0.15, 0.2) is 48.7 Å². The normalized spacial score (nSPS) is 12.4. The molecule has 144 valence electrons. The number of aromatic nitrogens is 1. The molecule has 0 aliphatic carbocycles. The third-order valence-corrected chi connectivity index (χ3v) is 4.53. The maximum absolute atomic E-state index is 13.6. The minimum Gasteiger partial charge on any atom is -0.491 e. The Hall–Kier alpha value is -3.48. The highest BCUT2D eigenvalue weighted by Crippen LogP contribution is 2.41. The van der Waals surface area contributed by atoms with E-state index in [1.54, 1.807) is 18.3 Å². The Labute approximate surface area is 161 Å². The molecule has 0 radical (unpaired) electrons. The summed E-state index contributed by atoms with van der Waals surface area (Å²) in [4.78, 5) is 11.9. The molecule has 4 rings (SSSR count). The van der Waals surface area contributed by atoms with Crippen molar-refractivity contribution in [3.8, 4) is 22.8 Å². The number of fused-ring (bicyclic) bond motifs is 3. The van der Waals surface area contributed by atoms with E-state index >= 15 is 0 Å². The first-order valence-electron chi connectivity index (χ1n) is 8.77. The number of rotatable bonds is 4. The monoisotopic (exact) mass is 382 g/mol. The van der Waals surface area contributed by atoms with Crippen molar-refractivity contribution in [2.75, 3.05) is 19.5 Å². The highest BCUT2D eigenvalue weighted by Gasteiger charge is 2.23. The van der Waals surface area contributed by atoms with E-state index in [0.29, 0.717) is 41.5 Å². The van der Waals surface area contributed by atoms with Crippen LogP contribution in [-0.2, 0) is 17.9 Å². The van der Waals surface area contributed by atoms with Crippen LogP contribution in [0.2, 0.25) is 0 Å². The van der Waals surface area contributed by atoms with Crippen LogP contribution < -0.4 is 15.2 Å². The molecule has 2 aromatic carbocycles. The maximum Gasteiger partial charge on any atom is 0.339 e. The Balaban J connectivity index is 1.71. The summed E-state index contributed by atoms with van der Waals surface area (Å²) in [5.74, 6) is 0.407. The van der Waals surface area contributed by atoms with Gasteiger partial charge in [-0.25, -0.2) is 9.18 Å². The molecular weight excluding hydrogens is 363 g/mol. The zero-order chi connectivity index (χ0) is 19.7. The van der Waals surface area contributed by atoms with Crippen molar-refractivity contribution in [1.82, 2.24) is 4.57 Å². The van der Waals surface area contributed by atoms with Crippen LogP contribution >= 0.6 is 0 Å². The van der Waals surface area contributed by atoms with E-state index < -0.39 is 11.8 Å². The fraction of sp³-hybridized carbons (Fsp3) is 0.190. The second-order valence-corrected chi connectivity index (χ2v) is 6.46. The van der Waals surface area contributed by atoms with Crippen LogP contribution in [-0.4, -0.2) is 24.3 Å². The molecule has 28 heavy (non-hydrogen) atoms. The Morgan fingerprint density at radius 1 is 1.29 bits per heavy atom. The van der Waals surface area contributed by atoms with E-state index in [1.165, 1.54) is 19.2 Å². The van der Waals surface area contributed by atoms with Crippen LogP contribution in [0, 0.1) is 5.82 Å². The van der Waals surface area contributed by atoms with Gasteiger partial charge in [0.25, 0.3) is 0 Å². The molecule has 0 saturated heterocycles. The van der Waals surface area contributed by atoms with Crippen molar-refractivity contribution in [2.45, 2.75) is 13.2 Å². The first-order valence-corrected chi connectivity index (χ1v) is 8.77. The third-order valence-electron chi connectivity index (χ3n) is 4.53. The molecular formula is C21H19FN2O4. The maximum atomic E-state index is 13.6. The van der Waals surface area contributed by atoms with E-state index in [0.717, 1.165) is 11.3 Å². The van der Waals surface area contributed by atoms with Gasteiger partial charge in [0.1, 0.15) is 30.5 Å². The molecule has 0 spiro atoms. The molecule has 0 atom stereocenters. The number of methoxy groups -OCH3 is 1. The lowest BCUT2D eigenvalue weighted by molar-refractivity contribution is 0.0600. The molecule has 2 heterocycles. The van der Waals surface area contributed by atoms with Crippen LogP contribution in [0.4, 0.5) is 10.1 Å². The van der Waals surface area contributed by atoms with E-state index in [9.17, 15) is 9.18 Å². The van der Waals surface area contributed by atoms with Gasteiger partial charge in [-0.3, -0.25) is 0 Å². The molecule has 0 saturated carbocycles. The van der Waals surface area contributed by atoms with Gasteiger partial charge in [0.05, 0.1) is 30.5 Å². The zero-order valence-corrected chi connectivity index (χ0v) is 15.3. The largest absolute Gasteiger partial charge is 0.491 e. The molecule has 6 nitrogen and oxygen atoms in total. The summed E-state index contributed by atoms with van der Waals surface area (Å²) in [6.07, 6.45) is 1.74. The first-order chi connectivity index (χ1) is 13.5. The summed E-state index contributed by atoms with van der Waals surface area (Å²) in [7, 11) is 1.35. The lowest BCUT2D eigenvalue weighted by atomic mass is 10.1. The lowest BCUT2D eigenvalue weighted by Crippen LogP contribution is -2.05. The van der Waals surface area contributed by atoms with E-state index in [4.69, 9.17) is 19.9 Å². The standard InChI is InChI=1S/C21H19FN2O4/c1-26-21(25)14-9-17-20-18(27-6-5-24(17)11-14)3-2-4-19(20)28-12-13-7-15(22)10-16(23)8-13/h2-4,7-11H,5-6,12,23H2,1H3. The molecule has 1 aromatic heterocycles. The summed E-state index contributed by atoms with van der Waals surface area (Å²) in [5.41, 5.74) is 8.65. The number of anilines is 1. The molecule has 3 aromatic rings. The van der Waals surface area contributed by atoms with Gasteiger partial charge in [0.15, 0.2) is 0 Å². The van der Waals surface area contributed by atoms with Gasteiger partial charge >= 0.3 is 5.97 Å². The molecule has 0 amide bonds. The van der Waals surface area contributed by atoms with Crippen LogP contribution in [0.5, 0.6) is 11.5 Å². The number of carbonyl (C=O) groups is 1. The first kappa shape index (κ1) is 17.9. The van der Waals surface area contributed by atoms with Crippen molar-refractivity contribution >= 4 is 11.7 Å². The minimum absolute atomic E-state index is 0.142. The summed E-state index contributed by atoms with van der Waals surface area (Å²) in [6, 6.07) is 11.5. The summed E-state index contributed by atoms with van der Waals surface area (Å²) in [5, 5.41) is 0. The predicted molar refractivity (Wildman–Crippen MR) is 102 cm³/mol. The quantitative estimate of drug-likeness (QED) is 0.551. The fourth-order valence-electron chi connectivity index (χ4n) is 3.31. The Morgan fingerprint density at radius 2 is 2.14 bits per heavy atom. The fourth-order valence-corrected chi connectivity index (χ4v) is 3.31. The second-order valence-electron chi connectivity index (χ2n) is 6.46. The van der Waals surface area contributed by atoms with Crippen LogP contribution in [0.25, 0.3) is 11.3 Å². The van der Waals surface area contributed by atoms with Crippen molar-refractivity contribution in [3.05, 3.63) is 65.6 Å². The topological polar surface area (TPSA) is 75.7 Å². The number of esters is 1. The predicted octanol–water partition coefficient (Wildman–Crippen LogP) is 3.63. The van der Waals surface area contributed by atoms with Crippen molar-refractivity contribution in [2.24, 2.45) is 0 Å². The summed E-state index contributed by atoms with van der Waals surface area (Å²) >= 11 is 0. The zero-order valence-electron chi connectivity index (χ0n) is 15.3. The molecule has 0 bridgehead atoms. The Morgan fingerprint density at radius 3 is 2.93 bits per heavy atom. The van der Waals surface area contributed by atoms with Crippen LogP contribution in [0.3, 0.4) is 0 Å². The minimum atomic E-state index is -0.412. The van der Waals surface area contributed by atoms with Gasteiger partial charge in [-0.05, 0) is 42.0 Å². The summed E-state index contributed by atoms with van der Waals surface area (Å²) in [6.45, 7) is 1.18. The van der Waals surface area contributed by atoms with Crippen molar-refractivity contribution < 1.29 is 23.4 Å². The summed E-state index contributed by atoms with van der Waals surface area (Å²) < 4.78 is 32.2. The van der Waals surface area contributed by atoms with Crippen LogP contribution in [0.1, 0.15) is 15.9 Å². The molecule has 1 aliphatic heterocycles. The number of hydrogen-bond donors (Lipinski definition) is 1. The van der Waals surface area contributed by atoms with Gasteiger partial charge < -0.3 is 24.5 Å². The van der Waals surface area contributed by atoms with E-state index in [2.05, 4.69) is 0 Å². The second kappa shape index (κ2) is 7.26. The molecule has 1 aliphatic rings. The van der Waals surface area contributed by atoms with Gasteiger partial charge in [0, 0.05) is 11.9 Å². The molecule has 7 heteroatoms. The SMILES string of the molecule is COC(=O)c1cc2n(c1)CCOc1cccc(OCc3cc(N)cc(F)c3)c1-2. The number of hydrogen-bond acceptors (Lipinski definition) is 5. The number of nitrogen functional groups attached to an aromatic ring is 1. The number of carbonyl (C=O) groups excluding carboxylic acids is 1. The number of benzene rings is 2. The molecule has 0 unspecified atom stereocenters. The van der Waals surface area contributed by atoms with Gasteiger partial charge in [-0.2, -0.15) is 0 Å². The number of nitrogens with two attached hydrogens (primary N) is 1. The van der Waals surface area contributed by atoms with E-state index in [-0.39, 0.29) is 6.61 Å². The van der Waals surface area contributed by atoms with Crippen molar-refractivity contribution in [1.29, 1.82) is 0 Å². The Kier molecular flexibility index (Phi) is 4.65.